The van der Waals surface area contributed by atoms with Crippen LogP contribution in [-0.4, -0.2) is 9.78 Å². The Balaban J connectivity index is 2.48. The SMILES string of the molecule is Cc1nn(-c2ccsc2)cc1Br. The predicted molar refractivity (Wildman–Crippen MR) is 53.9 cm³/mol. The molecule has 0 saturated carbocycles. The minimum atomic E-state index is 1.02. The lowest BCUT2D eigenvalue weighted by Crippen LogP contribution is -1.91. The smallest absolute Gasteiger partial charge is 0.0752 e. The molecule has 0 spiro atoms. The molecule has 0 aliphatic rings. The van der Waals surface area contributed by atoms with Gasteiger partial charge in [-0.05, 0) is 34.3 Å². The van der Waals surface area contributed by atoms with Crippen LogP contribution >= 0.6 is 27.3 Å². The molecular formula is C8H7BrN2S. The number of aromatic nitrogens is 2. The van der Waals surface area contributed by atoms with E-state index < -0.39 is 0 Å². The highest BCUT2D eigenvalue weighted by Gasteiger charge is 2.02. The second kappa shape index (κ2) is 3.03. The van der Waals surface area contributed by atoms with Crippen molar-refractivity contribution in [2.24, 2.45) is 0 Å². The third-order valence-corrected chi connectivity index (χ3v) is 3.06. The molecule has 0 unspecified atom stereocenters. The van der Waals surface area contributed by atoms with Crippen LogP contribution in [0.4, 0.5) is 0 Å². The maximum absolute atomic E-state index is 4.33. The van der Waals surface area contributed by atoms with Crippen LogP contribution in [0.3, 0.4) is 0 Å². The summed E-state index contributed by atoms with van der Waals surface area (Å²) in [5.41, 5.74) is 2.13. The molecule has 0 N–H and O–H groups in total. The fourth-order valence-corrected chi connectivity index (χ4v) is 1.85. The lowest BCUT2D eigenvalue weighted by atomic mass is 10.5. The summed E-state index contributed by atoms with van der Waals surface area (Å²) < 4.78 is 2.92. The zero-order valence-corrected chi connectivity index (χ0v) is 8.89. The van der Waals surface area contributed by atoms with Crippen molar-refractivity contribution in [1.82, 2.24) is 9.78 Å². The van der Waals surface area contributed by atoms with E-state index in [4.69, 9.17) is 0 Å². The Kier molecular flexibility index (Phi) is 2.02. The van der Waals surface area contributed by atoms with Crippen molar-refractivity contribution in [1.29, 1.82) is 0 Å². The van der Waals surface area contributed by atoms with Gasteiger partial charge in [-0.15, -0.1) is 0 Å². The van der Waals surface area contributed by atoms with Gasteiger partial charge in [0, 0.05) is 11.6 Å². The van der Waals surface area contributed by atoms with Gasteiger partial charge in [0.25, 0.3) is 0 Å². The van der Waals surface area contributed by atoms with Gasteiger partial charge in [0.1, 0.15) is 0 Å². The molecule has 2 aromatic heterocycles. The molecule has 2 nitrogen and oxygen atoms in total. The first-order valence-corrected chi connectivity index (χ1v) is 5.25. The Bertz CT molecular complexity index is 358. The van der Waals surface area contributed by atoms with Crippen LogP contribution in [0, 0.1) is 6.92 Å². The van der Waals surface area contributed by atoms with E-state index in [0.29, 0.717) is 0 Å². The van der Waals surface area contributed by atoms with Crippen LogP contribution in [0.2, 0.25) is 0 Å². The van der Waals surface area contributed by atoms with Crippen LogP contribution in [0.15, 0.2) is 27.5 Å². The van der Waals surface area contributed by atoms with Crippen molar-refractivity contribution in [3.05, 3.63) is 33.2 Å². The zero-order chi connectivity index (χ0) is 8.55. The Hall–Kier alpha value is -0.610. The first-order valence-electron chi connectivity index (χ1n) is 3.52. The van der Waals surface area contributed by atoms with Crippen LogP contribution < -0.4 is 0 Å². The average Bonchev–Trinajstić information content (AvgIpc) is 2.61. The molecule has 0 atom stereocenters. The van der Waals surface area contributed by atoms with Gasteiger partial charge in [-0.3, -0.25) is 0 Å². The molecule has 2 aromatic rings. The predicted octanol–water partition coefficient (Wildman–Crippen LogP) is 3.00. The van der Waals surface area contributed by atoms with Crippen LogP contribution in [0.1, 0.15) is 5.69 Å². The number of thiophene rings is 1. The minimum absolute atomic E-state index is 1.02. The molecule has 4 heteroatoms. The maximum Gasteiger partial charge on any atom is 0.0752 e. The Labute approximate surface area is 83.0 Å². The number of hydrogen-bond donors (Lipinski definition) is 0. The van der Waals surface area contributed by atoms with E-state index in [1.54, 1.807) is 11.3 Å². The molecule has 0 aromatic carbocycles. The average molecular weight is 243 g/mol. The molecule has 0 aliphatic heterocycles. The topological polar surface area (TPSA) is 17.8 Å². The number of nitrogens with zero attached hydrogens (tertiary/aromatic N) is 2. The molecule has 0 aliphatic carbocycles. The third kappa shape index (κ3) is 1.32. The monoisotopic (exact) mass is 242 g/mol. The number of rotatable bonds is 1. The van der Waals surface area contributed by atoms with Gasteiger partial charge in [0.2, 0.25) is 0 Å². The van der Waals surface area contributed by atoms with Gasteiger partial charge < -0.3 is 0 Å². The fourth-order valence-electron chi connectivity index (χ4n) is 0.959. The van der Waals surface area contributed by atoms with E-state index >= 15 is 0 Å². The van der Waals surface area contributed by atoms with Crippen molar-refractivity contribution in [3.63, 3.8) is 0 Å². The quantitative estimate of drug-likeness (QED) is 0.752. The minimum Gasteiger partial charge on any atom is -0.239 e. The highest BCUT2D eigenvalue weighted by atomic mass is 79.9. The van der Waals surface area contributed by atoms with Gasteiger partial charge in [-0.25, -0.2) is 4.68 Å². The summed E-state index contributed by atoms with van der Waals surface area (Å²) in [7, 11) is 0. The Morgan fingerprint density at radius 1 is 1.58 bits per heavy atom. The van der Waals surface area contributed by atoms with Crippen LogP contribution in [-0.2, 0) is 0 Å². The van der Waals surface area contributed by atoms with Gasteiger partial charge >= 0.3 is 0 Å². The second-order valence-electron chi connectivity index (χ2n) is 2.49. The van der Waals surface area contributed by atoms with Crippen molar-refractivity contribution in [2.45, 2.75) is 6.92 Å². The number of halogens is 1. The van der Waals surface area contributed by atoms with Crippen molar-refractivity contribution in [2.75, 3.05) is 0 Å². The van der Waals surface area contributed by atoms with Gasteiger partial charge in [0.15, 0.2) is 0 Å². The molecule has 0 fully saturated rings. The molecule has 12 heavy (non-hydrogen) atoms. The summed E-state index contributed by atoms with van der Waals surface area (Å²) in [6.07, 6.45) is 1.97. The highest BCUT2D eigenvalue weighted by Crippen LogP contribution is 2.18. The molecule has 0 amide bonds. The van der Waals surface area contributed by atoms with Crippen LogP contribution in [0.5, 0.6) is 0 Å². The lowest BCUT2D eigenvalue weighted by molar-refractivity contribution is 0.866. The summed E-state index contributed by atoms with van der Waals surface area (Å²) in [6, 6.07) is 2.05. The van der Waals surface area contributed by atoms with E-state index in [-0.39, 0.29) is 0 Å². The van der Waals surface area contributed by atoms with Crippen molar-refractivity contribution in [3.8, 4) is 5.69 Å². The zero-order valence-electron chi connectivity index (χ0n) is 6.49. The molecule has 2 rings (SSSR count). The molecule has 2 heterocycles. The summed E-state index contributed by atoms with van der Waals surface area (Å²) in [5, 5.41) is 8.44. The fraction of sp³-hybridized carbons (Fsp3) is 0.125. The van der Waals surface area contributed by atoms with E-state index in [0.717, 1.165) is 15.9 Å². The highest BCUT2D eigenvalue weighted by molar-refractivity contribution is 9.10. The standard InChI is InChI=1S/C8H7BrN2S/c1-6-8(9)4-11(10-6)7-2-3-12-5-7/h2-5H,1H3. The summed E-state index contributed by atoms with van der Waals surface area (Å²) in [6.45, 7) is 1.98. The molecule has 0 saturated heterocycles. The molecule has 62 valence electrons. The van der Waals surface area contributed by atoms with E-state index in [2.05, 4.69) is 26.4 Å². The van der Waals surface area contributed by atoms with Gasteiger partial charge in [-0.2, -0.15) is 16.4 Å². The number of hydrogen-bond acceptors (Lipinski definition) is 2. The lowest BCUT2D eigenvalue weighted by Gasteiger charge is -1.92. The third-order valence-electron chi connectivity index (χ3n) is 1.61. The largest absolute Gasteiger partial charge is 0.239 e. The maximum atomic E-state index is 4.33. The first-order chi connectivity index (χ1) is 5.77. The summed E-state index contributed by atoms with van der Waals surface area (Å²) in [4.78, 5) is 0. The van der Waals surface area contributed by atoms with Gasteiger partial charge in [-0.1, -0.05) is 0 Å². The Morgan fingerprint density at radius 3 is 2.92 bits per heavy atom. The summed E-state index contributed by atoms with van der Waals surface area (Å²) in [5.74, 6) is 0. The molecule has 0 bridgehead atoms. The van der Waals surface area contributed by atoms with Crippen molar-refractivity contribution < 1.29 is 0 Å². The van der Waals surface area contributed by atoms with E-state index in [1.807, 2.05) is 29.2 Å². The van der Waals surface area contributed by atoms with E-state index in [1.165, 1.54) is 0 Å². The van der Waals surface area contributed by atoms with Gasteiger partial charge in [0.05, 0.1) is 15.9 Å². The van der Waals surface area contributed by atoms with E-state index in [9.17, 15) is 0 Å². The first kappa shape index (κ1) is 8.01. The van der Waals surface area contributed by atoms with Crippen LogP contribution in [0.25, 0.3) is 5.69 Å². The molecular weight excluding hydrogens is 236 g/mol. The second-order valence-corrected chi connectivity index (χ2v) is 4.12. The Morgan fingerprint density at radius 2 is 2.42 bits per heavy atom. The summed E-state index contributed by atoms with van der Waals surface area (Å²) >= 11 is 5.10. The number of aryl methyl sites for hydroxylation is 1. The molecule has 0 radical (unpaired) electrons. The van der Waals surface area contributed by atoms with Crippen molar-refractivity contribution >= 4 is 27.3 Å². The normalized spacial score (nSPS) is 10.5.